The Balaban J connectivity index is 2.59. The summed E-state index contributed by atoms with van der Waals surface area (Å²) >= 11 is 0. The van der Waals surface area contributed by atoms with Gasteiger partial charge in [0.05, 0.1) is 6.61 Å². The Morgan fingerprint density at radius 3 is 2.72 bits per heavy atom. The molecular formula is C15H20N2O. The van der Waals surface area contributed by atoms with Crippen LogP contribution in [0.15, 0.2) is 24.3 Å². The second-order valence-corrected chi connectivity index (χ2v) is 4.14. The Hall–Kier alpha value is -1.77. The first kappa shape index (κ1) is 12.7. The summed E-state index contributed by atoms with van der Waals surface area (Å²) in [5.74, 6) is 1.83. The van der Waals surface area contributed by atoms with E-state index in [2.05, 4.69) is 31.3 Å². The van der Waals surface area contributed by atoms with Crippen molar-refractivity contribution in [2.24, 2.45) is 0 Å². The molecule has 1 aromatic heterocycles. The van der Waals surface area contributed by atoms with Gasteiger partial charge < -0.3 is 10.1 Å². The van der Waals surface area contributed by atoms with Gasteiger partial charge in [-0.3, -0.25) is 0 Å². The summed E-state index contributed by atoms with van der Waals surface area (Å²) in [4.78, 5) is 4.72. The molecule has 1 aromatic carbocycles. The van der Waals surface area contributed by atoms with Crippen LogP contribution in [0.2, 0.25) is 0 Å². The van der Waals surface area contributed by atoms with Gasteiger partial charge in [0.25, 0.3) is 0 Å². The zero-order chi connectivity index (χ0) is 13.0. The summed E-state index contributed by atoms with van der Waals surface area (Å²) in [5, 5.41) is 4.46. The van der Waals surface area contributed by atoms with E-state index < -0.39 is 0 Å². The number of hydrogen-bond donors (Lipinski definition) is 1. The number of nitrogens with zero attached hydrogens (tertiary/aromatic N) is 1. The molecule has 3 nitrogen and oxygen atoms in total. The molecule has 0 spiro atoms. The van der Waals surface area contributed by atoms with Gasteiger partial charge in [0.2, 0.25) is 0 Å². The molecule has 0 amide bonds. The number of pyridine rings is 1. The van der Waals surface area contributed by atoms with Gasteiger partial charge in [0, 0.05) is 11.9 Å². The lowest BCUT2D eigenvalue weighted by atomic mass is 10.1. The van der Waals surface area contributed by atoms with Gasteiger partial charge in [-0.25, -0.2) is 4.98 Å². The number of benzene rings is 1. The van der Waals surface area contributed by atoms with Crippen molar-refractivity contribution < 1.29 is 4.74 Å². The van der Waals surface area contributed by atoms with Crippen LogP contribution in [0.1, 0.15) is 26.3 Å². The normalized spacial score (nSPS) is 10.6. The number of hydrogen-bond acceptors (Lipinski definition) is 3. The summed E-state index contributed by atoms with van der Waals surface area (Å²) in [6.45, 7) is 7.76. The van der Waals surface area contributed by atoms with Crippen LogP contribution in [0.5, 0.6) is 5.75 Å². The van der Waals surface area contributed by atoms with Crippen molar-refractivity contribution in [2.45, 2.75) is 27.2 Å². The van der Waals surface area contributed by atoms with Crippen LogP contribution < -0.4 is 10.1 Å². The molecule has 3 heteroatoms. The van der Waals surface area contributed by atoms with Crippen molar-refractivity contribution >= 4 is 16.7 Å². The molecule has 96 valence electrons. The van der Waals surface area contributed by atoms with Gasteiger partial charge in [-0.1, -0.05) is 19.1 Å². The largest absolute Gasteiger partial charge is 0.492 e. The van der Waals surface area contributed by atoms with Crippen molar-refractivity contribution in [3.05, 3.63) is 29.8 Å². The third-order valence-corrected chi connectivity index (χ3v) is 2.91. The van der Waals surface area contributed by atoms with Crippen molar-refractivity contribution in [3.63, 3.8) is 0 Å². The highest BCUT2D eigenvalue weighted by Crippen LogP contribution is 2.28. The molecule has 0 saturated carbocycles. The number of nitrogens with one attached hydrogen (secondary N) is 1. The molecule has 0 radical (unpaired) electrons. The minimum absolute atomic E-state index is 0.660. The summed E-state index contributed by atoms with van der Waals surface area (Å²) < 4.78 is 5.64. The molecule has 0 saturated heterocycles. The van der Waals surface area contributed by atoms with Gasteiger partial charge in [0.1, 0.15) is 17.1 Å². The first-order valence-electron chi connectivity index (χ1n) is 6.59. The Kier molecular flexibility index (Phi) is 4.03. The van der Waals surface area contributed by atoms with Crippen LogP contribution in [0.25, 0.3) is 10.9 Å². The third kappa shape index (κ3) is 2.40. The van der Waals surface area contributed by atoms with Crippen LogP contribution in [-0.4, -0.2) is 18.1 Å². The average molecular weight is 244 g/mol. The number of rotatable bonds is 5. The highest BCUT2D eigenvalue weighted by molar-refractivity contribution is 5.87. The van der Waals surface area contributed by atoms with Gasteiger partial charge in [-0.2, -0.15) is 0 Å². The predicted octanol–water partition coefficient (Wildman–Crippen LogP) is 3.63. The molecule has 0 unspecified atom stereocenters. The van der Waals surface area contributed by atoms with Crippen LogP contribution in [0, 0.1) is 0 Å². The molecular weight excluding hydrogens is 224 g/mol. The molecule has 0 aliphatic carbocycles. The molecule has 1 heterocycles. The van der Waals surface area contributed by atoms with Crippen LogP contribution in [-0.2, 0) is 6.42 Å². The number of aromatic nitrogens is 1. The first-order valence-corrected chi connectivity index (χ1v) is 6.59. The Morgan fingerprint density at radius 1 is 1.22 bits per heavy atom. The molecule has 0 bridgehead atoms. The number of fused-ring (bicyclic) bond motifs is 1. The number of aryl methyl sites for hydroxylation is 1. The van der Waals surface area contributed by atoms with Crippen LogP contribution in [0.3, 0.4) is 0 Å². The fourth-order valence-corrected chi connectivity index (χ4v) is 2.08. The predicted molar refractivity (Wildman–Crippen MR) is 76.5 cm³/mol. The summed E-state index contributed by atoms with van der Waals surface area (Å²) in [6.07, 6.45) is 0.976. The maximum Gasteiger partial charge on any atom is 0.145 e. The number of anilines is 1. The molecule has 0 aliphatic rings. The van der Waals surface area contributed by atoms with Gasteiger partial charge in [0.15, 0.2) is 0 Å². The van der Waals surface area contributed by atoms with Crippen molar-refractivity contribution in [3.8, 4) is 5.75 Å². The highest BCUT2D eigenvalue weighted by Gasteiger charge is 2.08. The molecule has 18 heavy (non-hydrogen) atoms. The lowest BCUT2D eigenvalue weighted by molar-refractivity contribution is 0.343. The lowest BCUT2D eigenvalue weighted by Crippen LogP contribution is -2.04. The van der Waals surface area contributed by atoms with E-state index in [0.717, 1.165) is 35.4 Å². The van der Waals surface area contributed by atoms with Gasteiger partial charge in [-0.15, -0.1) is 0 Å². The third-order valence-electron chi connectivity index (χ3n) is 2.91. The SMILES string of the molecule is CCNc1nc2c(OCC)cccc2cc1CC. The summed E-state index contributed by atoms with van der Waals surface area (Å²) in [7, 11) is 0. The second-order valence-electron chi connectivity index (χ2n) is 4.14. The smallest absolute Gasteiger partial charge is 0.145 e. The number of para-hydroxylation sites is 1. The van der Waals surface area contributed by atoms with Crippen molar-refractivity contribution in [1.29, 1.82) is 0 Å². The number of ether oxygens (including phenoxy) is 1. The van der Waals surface area contributed by atoms with E-state index in [1.54, 1.807) is 0 Å². The van der Waals surface area contributed by atoms with E-state index >= 15 is 0 Å². The zero-order valence-corrected chi connectivity index (χ0v) is 11.3. The monoisotopic (exact) mass is 244 g/mol. The van der Waals surface area contributed by atoms with Crippen LogP contribution >= 0.6 is 0 Å². The Bertz CT molecular complexity index is 537. The van der Waals surface area contributed by atoms with Crippen molar-refractivity contribution in [1.82, 2.24) is 4.98 Å². The standard InChI is InChI=1S/C15H20N2O/c1-4-11-10-12-8-7-9-13(18-6-3)14(12)17-15(11)16-5-2/h7-10H,4-6H2,1-3H3,(H,16,17). The minimum atomic E-state index is 0.660. The molecule has 0 fully saturated rings. The molecule has 1 N–H and O–H groups in total. The summed E-state index contributed by atoms with van der Waals surface area (Å²) in [5.41, 5.74) is 2.19. The molecule has 0 aliphatic heterocycles. The minimum Gasteiger partial charge on any atom is -0.492 e. The fraction of sp³-hybridized carbons (Fsp3) is 0.400. The molecule has 2 aromatic rings. The Labute approximate surface area is 108 Å². The zero-order valence-electron chi connectivity index (χ0n) is 11.3. The average Bonchev–Trinajstić information content (AvgIpc) is 2.39. The fourth-order valence-electron chi connectivity index (χ4n) is 2.08. The first-order chi connectivity index (χ1) is 8.80. The van der Waals surface area contributed by atoms with Gasteiger partial charge >= 0.3 is 0 Å². The maximum absolute atomic E-state index is 5.64. The van der Waals surface area contributed by atoms with E-state index in [1.807, 2.05) is 19.1 Å². The van der Waals surface area contributed by atoms with Gasteiger partial charge in [-0.05, 0) is 38.0 Å². The summed E-state index contributed by atoms with van der Waals surface area (Å²) in [6, 6.07) is 8.27. The quantitative estimate of drug-likeness (QED) is 0.872. The van der Waals surface area contributed by atoms with Crippen LogP contribution in [0.4, 0.5) is 5.82 Å². The maximum atomic E-state index is 5.64. The molecule has 2 rings (SSSR count). The second kappa shape index (κ2) is 5.71. The van der Waals surface area contributed by atoms with E-state index in [1.165, 1.54) is 5.56 Å². The highest BCUT2D eigenvalue weighted by atomic mass is 16.5. The molecule has 0 atom stereocenters. The van der Waals surface area contributed by atoms with E-state index in [-0.39, 0.29) is 0 Å². The van der Waals surface area contributed by atoms with E-state index in [9.17, 15) is 0 Å². The van der Waals surface area contributed by atoms with E-state index in [0.29, 0.717) is 6.61 Å². The topological polar surface area (TPSA) is 34.2 Å². The van der Waals surface area contributed by atoms with Crippen molar-refractivity contribution in [2.75, 3.05) is 18.5 Å². The Morgan fingerprint density at radius 2 is 2.06 bits per heavy atom. The lowest BCUT2D eigenvalue weighted by Gasteiger charge is -2.12. The van der Waals surface area contributed by atoms with E-state index in [4.69, 9.17) is 9.72 Å².